The van der Waals surface area contributed by atoms with Crippen molar-refractivity contribution in [3.63, 3.8) is 0 Å². The van der Waals surface area contributed by atoms with Crippen LogP contribution in [-0.2, 0) is 0 Å². The summed E-state index contributed by atoms with van der Waals surface area (Å²) in [5.74, 6) is 0.621. The third-order valence-electron chi connectivity index (χ3n) is 3.78. The van der Waals surface area contributed by atoms with Gasteiger partial charge in [0.15, 0.2) is 0 Å². The number of fused-ring (bicyclic) bond motifs is 1. The first-order chi connectivity index (χ1) is 10.6. The molecule has 0 saturated heterocycles. The molecule has 5 nitrogen and oxygen atoms in total. The van der Waals surface area contributed by atoms with Crippen LogP contribution in [0.1, 0.15) is 11.1 Å². The fraction of sp³-hybridized carbons (Fsp3) is 0.118. The first-order valence-electron chi connectivity index (χ1n) is 6.72. The van der Waals surface area contributed by atoms with E-state index in [1.165, 1.54) is 0 Å². The fourth-order valence-corrected chi connectivity index (χ4v) is 2.88. The minimum atomic E-state index is 0.0738. The number of nitrogens with zero attached hydrogens (tertiary/aromatic N) is 4. The van der Waals surface area contributed by atoms with Crippen LogP contribution >= 0.6 is 0 Å². The van der Waals surface area contributed by atoms with E-state index in [4.69, 9.17) is 5.41 Å². The van der Waals surface area contributed by atoms with Gasteiger partial charge < -0.3 is 4.90 Å². The van der Waals surface area contributed by atoms with Crippen LogP contribution in [0.4, 0.5) is 5.82 Å². The van der Waals surface area contributed by atoms with Crippen LogP contribution in [0.15, 0.2) is 36.9 Å². The molecule has 2 aromatic rings. The standard InChI is InChI=1S/C17H13N5/c1-11-10-21(2)17-14(9-19)15(12-6-4-3-5-7-12)13(8-18)16(20)22(11)17/h3-7,20H,1,10H2,2H3. The highest BCUT2D eigenvalue weighted by Gasteiger charge is 2.28. The lowest BCUT2D eigenvalue weighted by Gasteiger charge is -2.17. The summed E-state index contributed by atoms with van der Waals surface area (Å²) in [4.78, 5) is 1.88. The molecule has 0 atom stereocenters. The van der Waals surface area contributed by atoms with Crippen molar-refractivity contribution in [2.24, 2.45) is 0 Å². The van der Waals surface area contributed by atoms with E-state index in [0.717, 1.165) is 5.56 Å². The maximum atomic E-state index is 9.67. The quantitative estimate of drug-likeness (QED) is 0.874. The lowest BCUT2D eigenvalue weighted by atomic mass is 9.96. The molecule has 0 amide bonds. The van der Waals surface area contributed by atoms with Gasteiger partial charge >= 0.3 is 0 Å². The van der Waals surface area contributed by atoms with Crippen molar-refractivity contribution < 1.29 is 0 Å². The Morgan fingerprint density at radius 1 is 1.14 bits per heavy atom. The highest BCUT2D eigenvalue weighted by molar-refractivity contribution is 5.84. The van der Waals surface area contributed by atoms with Crippen molar-refractivity contribution in [2.75, 3.05) is 18.5 Å². The maximum Gasteiger partial charge on any atom is 0.149 e. The lowest BCUT2D eigenvalue weighted by Crippen LogP contribution is -2.23. The van der Waals surface area contributed by atoms with Crippen LogP contribution in [0.2, 0.25) is 0 Å². The molecule has 0 radical (unpaired) electrons. The number of likely N-dealkylation sites (N-methyl/N-ethyl adjacent to an activating group) is 1. The average molecular weight is 287 g/mol. The normalized spacial score (nSPS) is 12.7. The average Bonchev–Trinajstić information content (AvgIpc) is 2.83. The summed E-state index contributed by atoms with van der Waals surface area (Å²) in [7, 11) is 1.85. The second kappa shape index (κ2) is 4.91. The zero-order valence-electron chi connectivity index (χ0n) is 12.1. The number of aromatic nitrogens is 1. The van der Waals surface area contributed by atoms with E-state index in [1.807, 2.05) is 42.3 Å². The molecule has 0 saturated carbocycles. The molecule has 0 aliphatic carbocycles. The third kappa shape index (κ3) is 1.73. The molecule has 1 aromatic carbocycles. The molecule has 1 aliphatic heterocycles. The highest BCUT2D eigenvalue weighted by atomic mass is 15.3. The van der Waals surface area contributed by atoms with Crippen molar-refractivity contribution in [1.82, 2.24) is 4.57 Å². The van der Waals surface area contributed by atoms with Gasteiger partial charge in [0.05, 0.1) is 6.54 Å². The second-order valence-corrected chi connectivity index (χ2v) is 5.14. The predicted octanol–water partition coefficient (Wildman–Crippen LogP) is 2.30. The van der Waals surface area contributed by atoms with Gasteiger partial charge in [0, 0.05) is 18.3 Å². The van der Waals surface area contributed by atoms with Gasteiger partial charge in [-0.2, -0.15) is 10.5 Å². The van der Waals surface area contributed by atoms with Gasteiger partial charge in [0.1, 0.15) is 34.6 Å². The molecule has 1 aromatic heterocycles. The summed E-state index contributed by atoms with van der Waals surface area (Å²) < 4.78 is 1.59. The first kappa shape index (κ1) is 13.7. The number of benzene rings is 1. The Labute approximate surface area is 128 Å². The number of hydrogen-bond donors (Lipinski definition) is 1. The van der Waals surface area contributed by atoms with Crippen molar-refractivity contribution in [2.45, 2.75) is 0 Å². The number of nitriles is 2. The number of rotatable bonds is 1. The number of pyridine rings is 1. The van der Waals surface area contributed by atoms with Crippen LogP contribution in [0.25, 0.3) is 16.8 Å². The molecule has 0 bridgehead atoms. The van der Waals surface area contributed by atoms with Crippen LogP contribution in [0.3, 0.4) is 0 Å². The van der Waals surface area contributed by atoms with E-state index in [0.29, 0.717) is 29.2 Å². The van der Waals surface area contributed by atoms with E-state index in [9.17, 15) is 10.5 Å². The molecule has 3 rings (SSSR count). The zero-order chi connectivity index (χ0) is 15.9. The van der Waals surface area contributed by atoms with Crippen LogP contribution in [0.5, 0.6) is 0 Å². The van der Waals surface area contributed by atoms with Gasteiger partial charge in [-0.15, -0.1) is 0 Å². The van der Waals surface area contributed by atoms with Gasteiger partial charge in [0.25, 0.3) is 0 Å². The van der Waals surface area contributed by atoms with Crippen molar-refractivity contribution >= 4 is 11.5 Å². The Bertz CT molecular complexity index is 923. The molecule has 106 valence electrons. The Hall–Kier alpha value is -3.31. The fourth-order valence-electron chi connectivity index (χ4n) is 2.88. The topological polar surface area (TPSA) is 79.6 Å². The summed E-state index contributed by atoms with van der Waals surface area (Å²) >= 11 is 0. The van der Waals surface area contributed by atoms with Crippen LogP contribution in [-0.4, -0.2) is 18.2 Å². The number of hydrogen-bond acceptors (Lipinski definition) is 4. The van der Waals surface area contributed by atoms with E-state index >= 15 is 0 Å². The highest BCUT2D eigenvalue weighted by Crippen LogP contribution is 2.35. The summed E-state index contributed by atoms with van der Waals surface area (Å²) in [6.45, 7) is 4.47. The minimum absolute atomic E-state index is 0.0738. The summed E-state index contributed by atoms with van der Waals surface area (Å²) in [6, 6.07) is 13.6. The van der Waals surface area contributed by atoms with Gasteiger partial charge in [-0.1, -0.05) is 36.9 Å². The first-order valence-corrected chi connectivity index (χ1v) is 6.72. The third-order valence-corrected chi connectivity index (χ3v) is 3.78. The molecule has 22 heavy (non-hydrogen) atoms. The molecule has 0 spiro atoms. The van der Waals surface area contributed by atoms with E-state index in [-0.39, 0.29) is 11.1 Å². The predicted molar refractivity (Wildman–Crippen MR) is 83.8 cm³/mol. The Balaban J connectivity index is 2.52. The summed E-state index contributed by atoms with van der Waals surface area (Å²) in [6.07, 6.45) is 0. The zero-order valence-corrected chi connectivity index (χ0v) is 12.1. The van der Waals surface area contributed by atoms with Crippen LogP contribution in [0, 0.1) is 28.1 Å². The monoisotopic (exact) mass is 287 g/mol. The molecular formula is C17H13N5. The molecule has 0 fully saturated rings. The van der Waals surface area contributed by atoms with Crippen LogP contribution < -0.4 is 10.4 Å². The van der Waals surface area contributed by atoms with Crippen molar-refractivity contribution in [3.05, 3.63) is 53.5 Å². The van der Waals surface area contributed by atoms with Crippen molar-refractivity contribution in [3.8, 4) is 23.3 Å². The maximum absolute atomic E-state index is 9.67. The molecule has 1 N–H and O–H groups in total. The molecule has 5 heteroatoms. The Morgan fingerprint density at radius 3 is 2.36 bits per heavy atom. The smallest absolute Gasteiger partial charge is 0.149 e. The summed E-state index contributed by atoms with van der Waals surface area (Å²) in [5, 5.41) is 27.5. The van der Waals surface area contributed by atoms with E-state index in [2.05, 4.69) is 18.7 Å². The molecule has 2 heterocycles. The van der Waals surface area contributed by atoms with E-state index in [1.54, 1.807) is 4.57 Å². The lowest BCUT2D eigenvalue weighted by molar-refractivity contribution is 0.959. The Morgan fingerprint density at radius 2 is 1.77 bits per heavy atom. The van der Waals surface area contributed by atoms with Crippen molar-refractivity contribution in [1.29, 1.82) is 15.9 Å². The molecule has 1 aliphatic rings. The SMILES string of the molecule is C=C1CN(C)c2c(C#N)c(-c3ccccc3)c(C#N)c(=N)n21. The van der Waals surface area contributed by atoms with E-state index < -0.39 is 0 Å². The van der Waals surface area contributed by atoms with Gasteiger partial charge in [-0.25, -0.2) is 0 Å². The number of anilines is 1. The van der Waals surface area contributed by atoms with Gasteiger partial charge in [-0.05, 0) is 5.56 Å². The van der Waals surface area contributed by atoms with Gasteiger partial charge in [0.2, 0.25) is 0 Å². The summed E-state index contributed by atoms with van der Waals surface area (Å²) in [5.41, 5.74) is 2.64. The largest absolute Gasteiger partial charge is 0.354 e. The molecular weight excluding hydrogens is 274 g/mol. The van der Waals surface area contributed by atoms with Gasteiger partial charge in [-0.3, -0.25) is 9.98 Å². The second-order valence-electron chi connectivity index (χ2n) is 5.14. The minimum Gasteiger partial charge on any atom is -0.354 e. The number of nitrogens with one attached hydrogen (secondary N) is 1. The Kier molecular flexibility index (Phi) is 3.05. The molecule has 0 unspecified atom stereocenters.